The Bertz CT molecular complexity index is 670. The van der Waals surface area contributed by atoms with Gasteiger partial charge >= 0.3 is 0 Å². The summed E-state index contributed by atoms with van der Waals surface area (Å²) in [6, 6.07) is 6.85. The number of halogens is 1. The van der Waals surface area contributed by atoms with Crippen molar-refractivity contribution < 1.29 is 9.18 Å². The quantitative estimate of drug-likeness (QED) is 0.907. The molecule has 6 heteroatoms. The van der Waals surface area contributed by atoms with E-state index in [0.717, 1.165) is 25.2 Å². The van der Waals surface area contributed by atoms with E-state index in [9.17, 15) is 9.18 Å². The molecule has 2 heterocycles. The first-order valence-electron chi connectivity index (χ1n) is 7.40. The van der Waals surface area contributed by atoms with Gasteiger partial charge in [-0.15, -0.1) is 0 Å². The first-order valence-corrected chi connectivity index (χ1v) is 7.40. The molecule has 1 atom stereocenters. The highest BCUT2D eigenvalue weighted by Gasteiger charge is 2.28. The molecule has 5 nitrogen and oxygen atoms in total. The molecule has 0 spiro atoms. The SMILES string of the molecule is CNC(=O)c1cn[nH]c1[C@@H]1CCN(Cc2ccccc2F)C1. The number of H-pyrrole nitrogens is 1. The number of rotatable bonds is 4. The molecule has 116 valence electrons. The fourth-order valence-electron chi connectivity index (χ4n) is 3.00. The Morgan fingerprint density at radius 2 is 2.32 bits per heavy atom. The molecule has 1 saturated heterocycles. The third-order valence-corrected chi connectivity index (χ3v) is 4.17. The molecule has 2 aromatic rings. The molecule has 22 heavy (non-hydrogen) atoms. The first-order chi connectivity index (χ1) is 10.7. The number of nitrogens with one attached hydrogen (secondary N) is 2. The Morgan fingerprint density at radius 3 is 3.09 bits per heavy atom. The van der Waals surface area contributed by atoms with Gasteiger partial charge in [0.2, 0.25) is 0 Å². The van der Waals surface area contributed by atoms with Crippen LogP contribution in [0, 0.1) is 5.82 Å². The average molecular weight is 302 g/mol. The molecular formula is C16H19FN4O. The number of benzene rings is 1. The van der Waals surface area contributed by atoms with Gasteiger partial charge in [0.1, 0.15) is 5.82 Å². The van der Waals surface area contributed by atoms with Gasteiger partial charge in [-0.1, -0.05) is 18.2 Å². The lowest BCUT2D eigenvalue weighted by Gasteiger charge is -2.16. The fourth-order valence-corrected chi connectivity index (χ4v) is 3.00. The van der Waals surface area contributed by atoms with Crippen LogP contribution < -0.4 is 5.32 Å². The van der Waals surface area contributed by atoms with Crippen LogP contribution in [0.5, 0.6) is 0 Å². The van der Waals surface area contributed by atoms with Gasteiger partial charge in [0.05, 0.1) is 17.5 Å². The van der Waals surface area contributed by atoms with Gasteiger partial charge in [0.15, 0.2) is 0 Å². The summed E-state index contributed by atoms with van der Waals surface area (Å²) in [5.41, 5.74) is 2.18. The lowest BCUT2D eigenvalue weighted by Crippen LogP contribution is -2.22. The number of nitrogens with zero attached hydrogens (tertiary/aromatic N) is 2. The van der Waals surface area contributed by atoms with Crippen LogP contribution in [0.15, 0.2) is 30.5 Å². The fraction of sp³-hybridized carbons (Fsp3) is 0.375. The maximum absolute atomic E-state index is 13.7. The molecule has 2 N–H and O–H groups in total. The van der Waals surface area contributed by atoms with Gasteiger partial charge < -0.3 is 5.32 Å². The molecular weight excluding hydrogens is 283 g/mol. The smallest absolute Gasteiger partial charge is 0.254 e. The summed E-state index contributed by atoms with van der Waals surface area (Å²) < 4.78 is 13.7. The molecule has 1 amide bonds. The predicted molar refractivity (Wildman–Crippen MR) is 81.0 cm³/mol. The zero-order valence-corrected chi connectivity index (χ0v) is 12.5. The van der Waals surface area contributed by atoms with Crippen molar-refractivity contribution >= 4 is 5.91 Å². The maximum Gasteiger partial charge on any atom is 0.254 e. The summed E-state index contributed by atoms with van der Waals surface area (Å²) in [4.78, 5) is 14.0. The van der Waals surface area contributed by atoms with Crippen LogP contribution in [0.4, 0.5) is 4.39 Å². The molecule has 1 aromatic heterocycles. The number of carbonyl (C=O) groups is 1. The molecule has 1 aliphatic heterocycles. The first kappa shape index (κ1) is 14.7. The van der Waals surface area contributed by atoms with Crippen molar-refractivity contribution in [3.63, 3.8) is 0 Å². The molecule has 0 bridgehead atoms. The number of hydrogen-bond acceptors (Lipinski definition) is 3. The number of likely N-dealkylation sites (tertiary alicyclic amines) is 1. The molecule has 1 fully saturated rings. The lowest BCUT2D eigenvalue weighted by molar-refractivity contribution is 0.0961. The monoisotopic (exact) mass is 302 g/mol. The molecule has 0 saturated carbocycles. The molecule has 3 rings (SSSR count). The van der Waals surface area contributed by atoms with E-state index in [1.807, 2.05) is 12.1 Å². The van der Waals surface area contributed by atoms with Crippen LogP contribution >= 0.6 is 0 Å². The van der Waals surface area contributed by atoms with Crippen molar-refractivity contribution in [2.24, 2.45) is 0 Å². The largest absolute Gasteiger partial charge is 0.355 e. The number of aromatic amines is 1. The van der Waals surface area contributed by atoms with Crippen molar-refractivity contribution in [2.75, 3.05) is 20.1 Å². The van der Waals surface area contributed by atoms with Crippen LogP contribution in [-0.4, -0.2) is 41.1 Å². The van der Waals surface area contributed by atoms with Gasteiger partial charge in [0, 0.05) is 31.6 Å². The third kappa shape index (κ3) is 2.87. The second-order valence-electron chi connectivity index (χ2n) is 5.59. The maximum atomic E-state index is 13.7. The summed E-state index contributed by atoms with van der Waals surface area (Å²) in [6.07, 6.45) is 2.49. The summed E-state index contributed by atoms with van der Waals surface area (Å²) in [7, 11) is 1.61. The van der Waals surface area contributed by atoms with Gasteiger partial charge in [-0.3, -0.25) is 14.8 Å². The van der Waals surface area contributed by atoms with Crippen molar-refractivity contribution in [2.45, 2.75) is 18.9 Å². The summed E-state index contributed by atoms with van der Waals surface area (Å²) in [6.45, 7) is 2.26. The molecule has 1 aromatic carbocycles. The van der Waals surface area contributed by atoms with Crippen LogP contribution in [0.1, 0.15) is 34.0 Å². The van der Waals surface area contributed by atoms with E-state index < -0.39 is 0 Å². The number of aromatic nitrogens is 2. The minimum absolute atomic E-state index is 0.128. The third-order valence-electron chi connectivity index (χ3n) is 4.17. The van der Waals surface area contributed by atoms with Crippen LogP contribution in [0.2, 0.25) is 0 Å². The summed E-state index contributed by atoms with van der Waals surface area (Å²) >= 11 is 0. The zero-order chi connectivity index (χ0) is 15.5. The second kappa shape index (κ2) is 6.27. The Kier molecular flexibility index (Phi) is 4.20. The lowest BCUT2D eigenvalue weighted by atomic mass is 10.0. The predicted octanol–water partition coefficient (Wildman–Crippen LogP) is 1.90. The normalized spacial score (nSPS) is 18.5. The van der Waals surface area contributed by atoms with Gasteiger partial charge in [-0.05, 0) is 19.0 Å². The van der Waals surface area contributed by atoms with Crippen LogP contribution in [0.25, 0.3) is 0 Å². The van der Waals surface area contributed by atoms with E-state index in [2.05, 4.69) is 20.4 Å². The van der Waals surface area contributed by atoms with Crippen LogP contribution in [-0.2, 0) is 6.54 Å². The Hall–Kier alpha value is -2.21. The Labute approximate surface area is 128 Å². The molecule has 0 aliphatic carbocycles. The minimum atomic E-state index is -0.168. The van der Waals surface area contributed by atoms with E-state index in [0.29, 0.717) is 17.7 Å². The van der Waals surface area contributed by atoms with E-state index in [4.69, 9.17) is 0 Å². The molecule has 0 radical (unpaired) electrons. The average Bonchev–Trinajstić information content (AvgIpc) is 3.17. The van der Waals surface area contributed by atoms with Crippen molar-refractivity contribution in [3.8, 4) is 0 Å². The Balaban J connectivity index is 1.69. The highest BCUT2D eigenvalue weighted by Crippen LogP contribution is 2.29. The van der Waals surface area contributed by atoms with Gasteiger partial charge in [-0.25, -0.2) is 4.39 Å². The molecule has 1 aliphatic rings. The van der Waals surface area contributed by atoms with E-state index in [1.165, 1.54) is 6.07 Å². The van der Waals surface area contributed by atoms with Crippen molar-refractivity contribution in [3.05, 3.63) is 53.1 Å². The van der Waals surface area contributed by atoms with Gasteiger partial charge in [-0.2, -0.15) is 5.10 Å². The van der Waals surface area contributed by atoms with E-state index in [-0.39, 0.29) is 17.6 Å². The summed E-state index contributed by atoms with van der Waals surface area (Å²) in [5, 5.41) is 9.57. The van der Waals surface area contributed by atoms with Crippen LogP contribution in [0.3, 0.4) is 0 Å². The highest BCUT2D eigenvalue weighted by molar-refractivity contribution is 5.95. The second-order valence-corrected chi connectivity index (χ2v) is 5.59. The topological polar surface area (TPSA) is 61.0 Å². The van der Waals surface area contributed by atoms with Crippen molar-refractivity contribution in [1.29, 1.82) is 0 Å². The Morgan fingerprint density at radius 1 is 1.50 bits per heavy atom. The number of amides is 1. The standard InChI is InChI=1S/C16H19FN4O/c1-18-16(22)13-8-19-20-15(13)12-6-7-21(10-12)9-11-4-2-3-5-14(11)17/h2-5,8,12H,6-7,9-10H2,1H3,(H,18,22)(H,19,20)/t12-/m1/s1. The number of hydrogen-bond donors (Lipinski definition) is 2. The number of carbonyl (C=O) groups excluding carboxylic acids is 1. The van der Waals surface area contributed by atoms with E-state index in [1.54, 1.807) is 19.3 Å². The zero-order valence-electron chi connectivity index (χ0n) is 12.5. The highest BCUT2D eigenvalue weighted by atomic mass is 19.1. The minimum Gasteiger partial charge on any atom is -0.355 e. The van der Waals surface area contributed by atoms with E-state index >= 15 is 0 Å². The molecule has 0 unspecified atom stereocenters. The van der Waals surface area contributed by atoms with Crippen molar-refractivity contribution in [1.82, 2.24) is 20.4 Å². The van der Waals surface area contributed by atoms with Gasteiger partial charge in [0.25, 0.3) is 5.91 Å². The summed E-state index contributed by atoms with van der Waals surface area (Å²) in [5.74, 6) is -0.0728.